The number of rotatable bonds is 8. The molecule has 0 aliphatic carbocycles. The van der Waals surface area contributed by atoms with Crippen molar-refractivity contribution in [2.24, 2.45) is 5.73 Å². The van der Waals surface area contributed by atoms with Crippen LogP contribution in [-0.4, -0.2) is 31.8 Å². The van der Waals surface area contributed by atoms with Gasteiger partial charge in [0.1, 0.15) is 11.9 Å². The topological polar surface area (TPSA) is 68.3 Å². The predicted octanol–water partition coefficient (Wildman–Crippen LogP) is 1.14. The lowest BCUT2D eigenvalue weighted by molar-refractivity contribution is 0.0285. The van der Waals surface area contributed by atoms with E-state index >= 15 is 0 Å². The predicted molar refractivity (Wildman–Crippen MR) is 53.1 cm³/mol. The van der Waals surface area contributed by atoms with Crippen molar-refractivity contribution in [3.8, 4) is 0 Å². The first-order valence-corrected chi connectivity index (χ1v) is 4.75. The third kappa shape index (κ3) is 6.54. The minimum atomic E-state index is -0.245. The van der Waals surface area contributed by atoms with Crippen molar-refractivity contribution in [3.63, 3.8) is 0 Å². The zero-order chi connectivity index (χ0) is 10.1. The standard InChI is InChI=1S/C9H20N2O2/c1-3-5-12-6-7-13-8(4-2)9(10)11/h8H,3-7H2,1-2H3,(H3,10,11). The maximum absolute atomic E-state index is 7.18. The second kappa shape index (κ2) is 8.01. The Morgan fingerprint density at radius 2 is 2.00 bits per heavy atom. The van der Waals surface area contributed by atoms with Crippen LogP contribution in [0.1, 0.15) is 26.7 Å². The number of nitrogens with two attached hydrogens (primary N) is 1. The van der Waals surface area contributed by atoms with Gasteiger partial charge in [-0.2, -0.15) is 0 Å². The molecule has 0 aromatic carbocycles. The van der Waals surface area contributed by atoms with E-state index in [1.165, 1.54) is 0 Å². The molecule has 0 amide bonds. The summed E-state index contributed by atoms with van der Waals surface area (Å²) >= 11 is 0. The van der Waals surface area contributed by atoms with Gasteiger partial charge in [0.05, 0.1) is 13.2 Å². The smallest absolute Gasteiger partial charge is 0.120 e. The van der Waals surface area contributed by atoms with Crippen molar-refractivity contribution >= 4 is 5.84 Å². The number of hydrogen-bond donors (Lipinski definition) is 2. The van der Waals surface area contributed by atoms with Gasteiger partial charge in [0, 0.05) is 6.61 Å². The molecular formula is C9H20N2O2. The first kappa shape index (κ1) is 12.4. The summed E-state index contributed by atoms with van der Waals surface area (Å²) in [6.07, 6.45) is 1.51. The van der Waals surface area contributed by atoms with Crippen LogP contribution in [0.2, 0.25) is 0 Å². The van der Waals surface area contributed by atoms with Crippen molar-refractivity contribution < 1.29 is 9.47 Å². The lowest BCUT2D eigenvalue weighted by Gasteiger charge is -2.13. The van der Waals surface area contributed by atoms with E-state index in [9.17, 15) is 0 Å². The Hall–Kier alpha value is -0.610. The van der Waals surface area contributed by atoms with E-state index in [0.29, 0.717) is 13.2 Å². The fourth-order valence-corrected chi connectivity index (χ4v) is 0.923. The van der Waals surface area contributed by atoms with Crippen LogP contribution in [-0.2, 0) is 9.47 Å². The molecule has 78 valence electrons. The molecule has 0 bridgehead atoms. The van der Waals surface area contributed by atoms with E-state index in [0.717, 1.165) is 19.4 Å². The minimum absolute atomic E-state index is 0.0954. The molecule has 0 aromatic rings. The highest BCUT2D eigenvalue weighted by Gasteiger charge is 2.08. The molecule has 1 atom stereocenters. The first-order chi connectivity index (χ1) is 6.22. The molecule has 13 heavy (non-hydrogen) atoms. The average molecular weight is 188 g/mol. The number of ether oxygens (including phenoxy) is 2. The highest BCUT2D eigenvalue weighted by atomic mass is 16.5. The monoisotopic (exact) mass is 188 g/mol. The van der Waals surface area contributed by atoms with E-state index in [2.05, 4.69) is 6.92 Å². The van der Waals surface area contributed by atoms with Crippen LogP contribution >= 0.6 is 0 Å². The molecule has 0 aliphatic heterocycles. The second-order valence-corrected chi connectivity index (χ2v) is 2.84. The molecule has 3 N–H and O–H groups in total. The van der Waals surface area contributed by atoms with Gasteiger partial charge in [-0.1, -0.05) is 13.8 Å². The van der Waals surface area contributed by atoms with Crippen LogP contribution in [0.3, 0.4) is 0 Å². The van der Waals surface area contributed by atoms with Crippen molar-refractivity contribution in [2.45, 2.75) is 32.8 Å². The van der Waals surface area contributed by atoms with Crippen LogP contribution < -0.4 is 5.73 Å². The van der Waals surface area contributed by atoms with Crippen LogP contribution in [0.4, 0.5) is 0 Å². The number of nitrogens with one attached hydrogen (secondary N) is 1. The highest BCUT2D eigenvalue weighted by molar-refractivity contribution is 5.81. The van der Waals surface area contributed by atoms with Gasteiger partial charge in [-0.15, -0.1) is 0 Å². The lowest BCUT2D eigenvalue weighted by atomic mass is 10.2. The first-order valence-electron chi connectivity index (χ1n) is 4.75. The molecule has 0 saturated heterocycles. The van der Waals surface area contributed by atoms with Crippen LogP contribution in [0, 0.1) is 5.41 Å². The Labute approximate surface area is 79.9 Å². The summed E-state index contributed by atoms with van der Waals surface area (Å²) in [5, 5.41) is 7.18. The minimum Gasteiger partial charge on any atom is -0.385 e. The molecule has 0 rings (SSSR count). The summed E-state index contributed by atoms with van der Waals surface area (Å²) in [5.74, 6) is 0.0954. The largest absolute Gasteiger partial charge is 0.385 e. The van der Waals surface area contributed by atoms with Crippen molar-refractivity contribution in [1.82, 2.24) is 0 Å². The Kier molecular flexibility index (Phi) is 7.63. The van der Waals surface area contributed by atoms with Crippen LogP contribution in [0.5, 0.6) is 0 Å². The fraction of sp³-hybridized carbons (Fsp3) is 0.889. The van der Waals surface area contributed by atoms with Gasteiger partial charge >= 0.3 is 0 Å². The molecule has 1 unspecified atom stereocenters. The fourth-order valence-electron chi connectivity index (χ4n) is 0.923. The van der Waals surface area contributed by atoms with Gasteiger partial charge < -0.3 is 15.2 Å². The summed E-state index contributed by atoms with van der Waals surface area (Å²) in [4.78, 5) is 0. The van der Waals surface area contributed by atoms with E-state index in [4.69, 9.17) is 20.6 Å². The average Bonchev–Trinajstić information content (AvgIpc) is 2.10. The summed E-state index contributed by atoms with van der Waals surface area (Å²) in [6.45, 7) is 5.86. The maximum Gasteiger partial charge on any atom is 0.120 e. The number of hydrogen-bond acceptors (Lipinski definition) is 3. The molecule has 4 heteroatoms. The Morgan fingerprint density at radius 3 is 2.46 bits per heavy atom. The van der Waals surface area contributed by atoms with Crippen molar-refractivity contribution in [2.75, 3.05) is 19.8 Å². The Balaban J connectivity index is 3.33. The molecule has 4 nitrogen and oxygen atoms in total. The quantitative estimate of drug-likeness (QED) is 0.341. The van der Waals surface area contributed by atoms with E-state index in [-0.39, 0.29) is 11.9 Å². The molecule has 0 aliphatic rings. The molecule has 0 spiro atoms. The summed E-state index contributed by atoms with van der Waals surface area (Å²) < 4.78 is 10.5. The van der Waals surface area contributed by atoms with Gasteiger partial charge in [-0.3, -0.25) is 5.41 Å². The highest BCUT2D eigenvalue weighted by Crippen LogP contribution is 1.96. The molecule has 0 saturated carbocycles. The second-order valence-electron chi connectivity index (χ2n) is 2.84. The molecular weight excluding hydrogens is 168 g/mol. The molecule has 0 heterocycles. The zero-order valence-electron chi connectivity index (χ0n) is 8.51. The van der Waals surface area contributed by atoms with E-state index < -0.39 is 0 Å². The number of amidine groups is 1. The van der Waals surface area contributed by atoms with Crippen LogP contribution in [0.25, 0.3) is 0 Å². The normalized spacial score (nSPS) is 12.8. The van der Waals surface area contributed by atoms with Gasteiger partial charge in [-0.05, 0) is 12.8 Å². The molecule has 0 fully saturated rings. The summed E-state index contributed by atoms with van der Waals surface area (Å²) in [5.41, 5.74) is 5.31. The Morgan fingerprint density at radius 1 is 1.31 bits per heavy atom. The summed E-state index contributed by atoms with van der Waals surface area (Å²) in [6, 6.07) is 0. The third-order valence-corrected chi connectivity index (χ3v) is 1.61. The lowest BCUT2D eigenvalue weighted by Crippen LogP contribution is -2.30. The van der Waals surface area contributed by atoms with Gasteiger partial charge in [0.2, 0.25) is 0 Å². The Bertz CT molecular complexity index is 140. The molecule has 0 aromatic heterocycles. The summed E-state index contributed by atoms with van der Waals surface area (Å²) in [7, 11) is 0. The van der Waals surface area contributed by atoms with E-state index in [1.54, 1.807) is 0 Å². The molecule has 0 radical (unpaired) electrons. The van der Waals surface area contributed by atoms with Gasteiger partial charge in [0.15, 0.2) is 0 Å². The van der Waals surface area contributed by atoms with Gasteiger partial charge in [-0.25, -0.2) is 0 Å². The SMILES string of the molecule is CCCOCCOC(CC)C(=N)N. The maximum atomic E-state index is 7.18. The van der Waals surface area contributed by atoms with Crippen molar-refractivity contribution in [3.05, 3.63) is 0 Å². The van der Waals surface area contributed by atoms with Crippen molar-refractivity contribution in [1.29, 1.82) is 5.41 Å². The van der Waals surface area contributed by atoms with Crippen LogP contribution in [0.15, 0.2) is 0 Å². The van der Waals surface area contributed by atoms with E-state index in [1.807, 2.05) is 6.92 Å². The van der Waals surface area contributed by atoms with Gasteiger partial charge in [0.25, 0.3) is 0 Å². The third-order valence-electron chi connectivity index (χ3n) is 1.61. The zero-order valence-corrected chi connectivity index (χ0v) is 8.51.